The van der Waals surface area contributed by atoms with E-state index in [4.69, 9.17) is 0 Å². The number of H-pyrrole nitrogens is 1. The Morgan fingerprint density at radius 3 is 2.95 bits per heavy atom. The Bertz CT molecular complexity index is 651. The molecule has 0 atom stereocenters. The smallest absolute Gasteiger partial charge is 0.271 e. The van der Waals surface area contributed by atoms with Gasteiger partial charge in [-0.2, -0.15) is 0 Å². The number of benzene rings is 1. The highest BCUT2D eigenvalue weighted by atomic mass is 79.9. The minimum Gasteiger partial charge on any atom is -0.345 e. The Morgan fingerprint density at radius 1 is 1.55 bits per heavy atom. The van der Waals surface area contributed by atoms with E-state index >= 15 is 0 Å². The molecular weight excluding hydrogens is 324 g/mol. The Morgan fingerprint density at radius 2 is 2.30 bits per heavy atom. The van der Waals surface area contributed by atoms with E-state index in [-0.39, 0.29) is 5.69 Å². The largest absolute Gasteiger partial charge is 0.345 e. The molecule has 1 aromatic heterocycles. The number of nitrogens with one attached hydrogen (secondary N) is 1. The molecule has 106 valence electrons. The van der Waals surface area contributed by atoms with Crippen molar-refractivity contribution in [1.29, 1.82) is 0 Å². The number of alkyl halides is 1. The van der Waals surface area contributed by atoms with Crippen LogP contribution < -0.4 is 4.90 Å². The van der Waals surface area contributed by atoms with Gasteiger partial charge >= 0.3 is 0 Å². The van der Waals surface area contributed by atoms with Crippen LogP contribution in [0.2, 0.25) is 0 Å². The number of fused-ring (bicyclic) bond motifs is 1. The van der Waals surface area contributed by atoms with Gasteiger partial charge in [-0.3, -0.25) is 10.1 Å². The summed E-state index contributed by atoms with van der Waals surface area (Å²) in [6, 6.07) is 4.69. The first kappa shape index (κ1) is 13.4. The molecule has 3 rings (SSSR count). The predicted octanol–water partition coefficient (Wildman–Crippen LogP) is 3.08. The summed E-state index contributed by atoms with van der Waals surface area (Å²) in [5.41, 5.74) is 1.54. The molecule has 0 bridgehead atoms. The molecule has 0 unspecified atom stereocenters. The number of hydrogen-bond donors (Lipinski definition) is 1. The van der Waals surface area contributed by atoms with Gasteiger partial charge in [0.2, 0.25) is 5.95 Å². The molecule has 6 nitrogen and oxygen atoms in total. The number of nitro benzene ring substituents is 1. The number of nitrogens with zero attached hydrogens (tertiary/aromatic N) is 3. The summed E-state index contributed by atoms with van der Waals surface area (Å²) in [5.74, 6) is 1.45. The minimum atomic E-state index is -0.395. The van der Waals surface area contributed by atoms with Crippen LogP contribution in [-0.4, -0.2) is 33.3 Å². The first-order valence-electron chi connectivity index (χ1n) is 6.52. The van der Waals surface area contributed by atoms with Crippen molar-refractivity contribution in [2.45, 2.75) is 17.7 Å². The van der Waals surface area contributed by atoms with E-state index in [0.29, 0.717) is 16.3 Å². The normalized spacial score (nSPS) is 21.7. The predicted molar refractivity (Wildman–Crippen MR) is 81.5 cm³/mol. The van der Waals surface area contributed by atoms with Gasteiger partial charge in [0.25, 0.3) is 5.69 Å². The average Bonchev–Trinajstić information content (AvgIpc) is 2.79. The summed E-state index contributed by atoms with van der Waals surface area (Å²) in [5, 5.41) is 10.8. The first-order chi connectivity index (χ1) is 9.52. The molecule has 1 aromatic carbocycles. The number of hydrogen-bond acceptors (Lipinski definition) is 4. The van der Waals surface area contributed by atoms with Gasteiger partial charge in [0, 0.05) is 30.6 Å². The lowest BCUT2D eigenvalue weighted by atomic mass is 9.85. The van der Waals surface area contributed by atoms with E-state index < -0.39 is 4.92 Å². The van der Waals surface area contributed by atoms with Crippen LogP contribution >= 0.6 is 15.9 Å². The van der Waals surface area contributed by atoms with Crippen LogP contribution in [0.4, 0.5) is 11.6 Å². The van der Waals surface area contributed by atoms with E-state index in [1.807, 2.05) is 7.05 Å². The van der Waals surface area contributed by atoms with Crippen molar-refractivity contribution in [3.8, 4) is 0 Å². The van der Waals surface area contributed by atoms with Crippen molar-refractivity contribution < 1.29 is 4.92 Å². The molecule has 1 fully saturated rings. The van der Waals surface area contributed by atoms with Crippen molar-refractivity contribution >= 4 is 38.6 Å². The van der Waals surface area contributed by atoms with Gasteiger partial charge in [0.05, 0.1) is 16.0 Å². The molecule has 1 aliphatic carbocycles. The van der Waals surface area contributed by atoms with E-state index in [9.17, 15) is 10.1 Å². The minimum absolute atomic E-state index is 0.0801. The number of nitro groups is 1. The lowest BCUT2D eigenvalue weighted by molar-refractivity contribution is -0.384. The number of aromatic nitrogens is 2. The number of rotatable bonds is 4. The van der Waals surface area contributed by atoms with E-state index in [2.05, 4.69) is 30.8 Å². The molecule has 1 saturated carbocycles. The molecule has 0 aliphatic heterocycles. The van der Waals surface area contributed by atoms with Gasteiger partial charge in [0.15, 0.2) is 0 Å². The average molecular weight is 339 g/mol. The Hall–Kier alpha value is -1.63. The standard InChI is InChI=1S/C13H15BrN4O2/c1-17(7-8-4-9(14)5-8)13-15-11-3-2-10(18(19)20)6-12(11)16-13/h2-3,6,8-9H,4-5,7H2,1H3,(H,15,16). The highest BCUT2D eigenvalue weighted by Gasteiger charge is 2.28. The molecule has 1 N–H and O–H groups in total. The van der Waals surface area contributed by atoms with E-state index in [1.54, 1.807) is 6.07 Å². The fraction of sp³-hybridized carbons (Fsp3) is 0.462. The molecule has 1 heterocycles. The quantitative estimate of drug-likeness (QED) is 0.528. The van der Waals surface area contributed by atoms with Gasteiger partial charge in [-0.05, 0) is 24.8 Å². The molecule has 0 saturated heterocycles. The van der Waals surface area contributed by atoms with Crippen molar-refractivity contribution in [3.63, 3.8) is 0 Å². The third kappa shape index (κ3) is 2.49. The summed E-state index contributed by atoms with van der Waals surface area (Å²) in [6.07, 6.45) is 2.38. The number of non-ortho nitro benzene ring substituents is 1. The van der Waals surface area contributed by atoms with Gasteiger partial charge in [-0.25, -0.2) is 4.98 Å². The highest BCUT2D eigenvalue weighted by molar-refractivity contribution is 9.09. The number of halogens is 1. The number of aromatic amines is 1. The lowest BCUT2D eigenvalue weighted by Gasteiger charge is -2.34. The van der Waals surface area contributed by atoms with Crippen molar-refractivity contribution in [2.24, 2.45) is 5.92 Å². The topological polar surface area (TPSA) is 75.1 Å². The summed E-state index contributed by atoms with van der Waals surface area (Å²) in [7, 11) is 1.99. The Balaban J connectivity index is 1.79. The van der Waals surface area contributed by atoms with E-state index in [1.165, 1.54) is 25.0 Å². The Labute approximate surface area is 124 Å². The zero-order chi connectivity index (χ0) is 14.3. The zero-order valence-electron chi connectivity index (χ0n) is 11.0. The zero-order valence-corrected chi connectivity index (χ0v) is 12.6. The molecule has 20 heavy (non-hydrogen) atoms. The van der Waals surface area contributed by atoms with Gasteiger partial charge < -0.3 is 9.88 Å². The van der Waals surface area contributed by atoms with Crippen LogP contribution in [0.3, 0.4) is 0 Å². The highest BCUT2D eigenvalue weighted by Crippen LogP contribution is 2.34. The molecule has 0 spiro atoms. The van der Waals surface area contributed by atoms with Crippen LogP contribution in [0, 0.1) is 16.0 Å². The second-order valence-corrected chi connectivity index (χ2v) is 6.63. The second-order valence-electron chi connectivity index (χ2n) is 5.33. The maximum atomic E-state index is 10.8. The molecule has 0 radical (unpaired) electrons. The monoisotopic (exact) mass is 338 g/mol. The number of anilines is 1. The molecule has 0 amide bonds. The molecular formula is C13H15BrN4O2. The van der Waals surface area contributed by atoms with Gasteiger partial charge in [-0.1, -0.05) is 15.9 Å². The van der Waals surface area contributed by atoms with Crippen LogP contribution in [0.1, 0.15) is 12.8 Å². The summed E-state index contributed by atoms with van der Waals surface area (Å²) in [6.45, 7) is 0.948. The van der Waals surface area contributed by atoms with Crippen LogP contribution in [0.15, 0.2) is 18.2 Å². The fourth-order valence-corrected chi connectivity index (χ4v) is 3.61. The maximum Gasteiger partial charge on any atom is 0.271 e. The number of imidazole rings is 1. The third-order valence-electron chi connectivity index (χ3n) is 3.74. The van der Waals surface area contributed by atoms with Crippen LogP contribution in [0.5, 0.6) is 0 Å². The van der Waals surface area contributed by atoms with Crippen molar-refractivity contribution in [3.05, 3.63) is 28.3 Å². The third-order valence-corrected chi connectivity index (χ3v) is 4.48. The van der Waals surface area contributed by atoms with Crippen LogP contribution in [-0.2, 0) is 0 Å². The summed E-state index contributed by atoms with van der Waals surface area (Å²) in [4.78, 5) is 20.7. The van der Waals surface area contributed by atoms with Crippen molar-refractivity contribution in [2.75, 3.05) is 18.5 Å². The van der Waals surface area contributed by atoms with E-state index in [0.717, 1.165) is 18.0 Å². The second kappa shape index (κ2) is 5.05. The maximum absolute atomic E-state index is 10.8. The van der Waals surface area contributed by atoms with Gasteiger partial charge in [-0.15, -0.1) is 0 Å². The SMILES string of the molecule is CN(CC1CC(Br)C1)c1nc2ccc([N+](=O)[O-])cc2[nH]1. The lowest BCUT2D eigenvalue weighted by Crippen LogP contribution is -2.35. The molecule has 1 aliphatic rings. The Kier molecular flexibility index (Phi) is 3.37. The van der Waals surface area contributed by atoms with Crippen molar-refractivity contribution in [1.82, 2.24) is 9.97 Å². The summed E-state index contributed by atoms with van der Waals surface area (Å²) >= 11 is 3.59. The van der Waals surface area contributed by atoms with Crippen LogP contribution in [0.25, 0.3) is 11.0 Å². The van der Waals surface area contributed by atoms with Gasteiger partial charge in [0.1, 0.15) is 0 Å². The summed E-state index contributed by atoms with van der Waals surface area (Å²) < 4.78 is 0. The molecule has 7 heteroatoms. The fourth-order valence-electron chi connectivity index (χ4n) is 2.56. The molecule has 2 aromatic rings. The first-order valence-corrected chi connectivity index (χ1v) is 7.44.